The fourth-order valence-electron chi connectivity index (χ4n) is 3.17. The maximum absolute atomic E-state index is 12.2. The number of fused-ring (bicyclic) bond motifs is 1. The molecule has 1 N–H and O–H groups in total. The monoisotopic (exact) mass is 364 g/mol. The highest BCUT2D eigenvalue weighted by molar-refractivity contribution is 5.91. The second-order valence-electron chi connectivity index (χ2n) is 6.94. The van der Waals surface area contributed by atoms with Crippen LogP contribution < -0.4 is 10.2 Å². The average molecular weight is 364 g/mol. The minimum absolute atomic E-state index is 0.114. The van der Waals surface area contributed by atoms with Crippen molar-refractivity contribution in [2.45, 2.75) is 38.6 Å². The standard InChI is InChI=1S/C21H24N4O2/c1-2-12-25(13-11-19(26)22-15-9-10-15)21-16-6-3-4-7-17(16)23-20(24-21)18-8-5-14-27-18/h3-8,14-15H,2,9-13H2,1H3,(H,22,26). The van der Waals surface area contributed by atoms with E-state index in [9.17, 15) is 4.79 Å². The lowest BCUT2D eigenvalue weighted by molar-refractivity contribution is -0.121. The number of amides is 1. The van der Waals surface area contributed by atoms with Crippen LogP contribution in [0.4, 0.5) is 5.82 Å². The summed E-state index contributed by atoms with van der Waals surface area (Å²) in [5.41, 5.74) is 0.873. The van der Waals surface area contributed by atoms with Gasteiger partial charge in [0.05, 0.1) is 11.8 Å². The Morgan fingerprint density at radius 2 is 2.04 bits per heavy atom. The zero-order valence-corrected chi connectivity index (χ0v) is 15.5. The molecule has 0 unspecified atom stereocenters. The van der Waals surface area contributed by atoms with Crippen molar-refractivity contribution in [3.05, 3.63) is 42.7 Å². The van der Waals surface area contributed by atoms with Crippen molar-refractivity contribution in [1.82, 2.24) is 15.3 Å². The van der Waals surface area contributed by atoms with Crippen LogP contribution in [0.25, 0.3) is 22.5 Å². The Morgan fingerprint density at radius 3 is 2.78 bits per heavy atom. The summed E-state index contributed by atoms with van der Waals surface area (Å²) in [6.07, 6.45) is 5.27. The van der Waals surface area contributed by atoms with Crippen LogP contribution in [-0.4, -0.2) is 35.0 Å². The number of rotatable bonds is 8. The lowest BCUT2D eigenvalue weighted by atomic mass is 10.2. The van der Waals surface area contributed by atoms with Gasteiger partial charge >= 0.3 is 0 Å². The predicted molar refractivity (Wildman–Crippen MR) is 106 cm³/mol. The molecule has 6 heteroatoms. The number of nitrogens with zero attached hydrogens (tertiary/aromatic N) is 3. The van der Waals surface area contributed by atoms with Crippen LogP contribution in [0.2, 0.25) is 0 Å². The van der Waals surface area contributed by atoms with Gasteiger partial charge < -0.3 is 14.6 Å². The van der Waals surface area contributed by atoms with E-state index in [0.29, 0.717) is 30.6 Å². The summed E-state index contributed by atoms with van der Waals surface area (Å²) in [4.78, 5) is 23.8. The van der Waals surface area contributed by atoms with Gasteiger partial charge in [-0.25, -0.2) is 9.97 Å². The summed E-state index contributed by atoms with van der Waals surface area (Å²) in [6.45, 7) is 3.59. The normalized spacial score (nSPS) is 13.7. The predicted octanol–water partition coefficient (Wildman–Crippen LogP) is 3.77. The Kier molecular flexibility index (Phi) is 5.05. The first kappa shape index (κ1) is 17.5. The van der Waals surface area contributed by atoms with Crippen molar-refractivity contribution in [3.63, 3.8) is 0 Å². The van der Waals surface area contributed by atoms with Crippen LogP contribution in [0.5, 0.6) is 0 Å². The Hall–Kier alpha value is -2.89. The van der Waals surface area contributed by atoms with E-state index in [1.807, 2.05) is 36.4 Å². The molecule has 6 nitrogen and oxygen atoms in total. The van der Waals surface area contributed by atoms with Crippen LogP contribution in [0.15, 0.2) is 47.1 Å². The second kappa shape index (κ2) is 7.78. The maximum Gasteiger partial charge on any atom is 0.221 e. The SMILES string of the molecule is CCCN(CCC(=O)NC1CC1)c1nc(-c2ccco2)nc2ccccc12. The zero-order chi connectivity index (χ0) is 18.6. The van der Waals surface area contributed by atoms with Crippen LogP contribution in [0.3, 0.4) is 0 Å². The molecule has 0 bridgehead atoms. The van der Waals surface area contributed by atoms with E-state index in [1.54, 1.807) is 6.26 Å². The van der Waals surface area contributed by atoms with Crippen molar-refractivity contribution in [1.29, 1.82) is 0 Å². The number of furan rings is 1. The van der Waals surface area contributed by atoms with E-state index >= 15 is 0 Å². The largest absolute Gasteiger partial charge is 0.461 e. The van der Waals surface area contributed by atoms with E-state index < -0.39 is 0 Å². The quantitative estimate of drug-likeness (QED) is 0.659. The molecule has 0 aliphatic heterocycles. The van der Waals surface area contributed by atoms with Crippen LogP contribution in [0, 0.1) is 0 Å². The molecule has 4 rings (SSSR count). The fourth-order valence-corrected chi connectivity index (χ4v) is 3.17. The minimum Gasteiger partial charge on any atom is -0.461 e. The molecule has 2 heterocycles. The molecule has 0 saturated heterocycles. The summed E-state index contributed by atoms with van der Waals surface area (Å²) in [5, 5.41) is 4.05. The first-order valence-electron chi connectivity index (χ1n) is 9.59. The number of anilines is 1. The topological polar surface area (TPSA) is 71.3 Å². The average Bonchev–Trinajstić information content (AvgIpc) is 3.32. The summed E-state index contributed by atoms with van der Waals surface area (Å²) < 4.78 is 5.50. The molecule has 1 aliphatic rings. The summed E-state index contributed by atoms with van der Waals surface area (Å²) >= 11 is 0. The van der Waals surface area contributed by atoms with Gasteiger partial charge in [-0.1, -0.05) is 19.1 Å². The number of para-hydroxylation sites is 1. The number of carbonyl (C=O) groups is 1. The molecule has 3 aromatic rings. The fraction of sp³-hybridized carbons (Fsp3) is 0.381. The van der Waals surface area contributed by atoms with Gasteiger partial charge in [0.15, 0.2) is 11.6 Å². The van der Waals surface area contributed by atoms with E-state index in [1.165, 1.54) is 0 Å². The lowest BCUT2D eigenvalue weighted by Crippen LogP contribution is -2.33. The number of aromatic nitrogens is 2. The number of benzene rings is 1. The molecule has 140 valence electrons. The summed E-state index contributed by atoms with van der Waals surface area (Å²) in [5.74, 6) is 2.18. The van der Waals surface area contributed by atoms with E-state index in [-0.39, 0.29) is 5.91 Å². The molecule has 1 fully saturated rings. The first-order valence-corrected chi connectivity index (χ1v) is 9.59. The van der Waals surface area contributed by atoms with Gasteiger partial charge in [-0.2, -0.15) is 0 Å². The van der Waals surface area contributed by atoms with Gasteiger partial charge in [0.1, 0.15) is 5.82 Å². The number of hydrogen-bond acceptors (Lipinski definition) is 5. The molecule has 27 heavy (non-hydrogen) atoms. The molecule has 2 aromatic heterocycles. The third-order valence-electron chi connectivity index (χ3n) is 4.67. The lowest BCUT2D eigenvalue weighted by Gasteiger charge is -2.24. The molecule has 1 saturated carbocycles. The maximum atomic E-state index is 12.2. The molecule has 1 amide bonds. The molecule has 1 aliphatic carbocycles. The number of hydrogen-bond donors (Lipinski definition) is 1. The molecular formula is C21H24N4O2. The third kappa shape index (κ3) is 4.10. The summed E-state index contributed by atoms with van der Waals surface area (Å²) in [6, 6.07) is 12.1. The second-order valence-corrected chi connectivity index (χ2v) is 6.94. The van der Waals surface area contributed by atoms with E-state index in [0.717, 1.165) is 42.5 Å². The van der Waals surface area contributed by atoms with Gasteiger partial charge in [-0.15, -0.1) is 0 Å². The van der Waals surface area contributed by atoms with Crippen molar-refractivity contribution in [2.24, 2.45) is 0 Å². The zero-order valence-electron chi connectivity index (χ0n) is 15.5. The highest BCUT2D eigenvalue weighted by atomic mass is 16.3. The van der Waals surface area contributed by atoms with Crippen molar-refractivity contribution < 1.29 is 9.21 Å². The van der Waals surface area contributed by atoms with Gasteiger partial charge in [-0.05, 0) is 43.5 Å². The summed E-state index contributed by atoms with van der Waals surface area (Å²) in [7, 11) is 0. The number of carbonyl (C=O) groups excluding carboxylic acids is 1. The molecule has 0 spiro atoms. The van der Waals surface area contributed by atoms with E-state index in [4.69, 9.17) is 9.40 Å². The molecule has 0 atom stereocenters. The Labute approximate surface area is 158 Å². The van der Waals surface area contributed by atoms with Crippen molar-refractivity contribution >= 4 is 22.6 Å². The Morgan fingerprint density at radius 1 is 1.19 bits per heavy atom. The molecule has 1 aromatic carbocycles. The van der Waals surface area contributed by atoms with Gasteiger partial charge in [-0.3, -0.25) is 4.79 Å². The first-order chi connectivity index (χ1) is 13.2. The van der Waals surface area contributed by atoms with Crippen LogP contribution in [0.1, 0.15) is 32.6 Å². The molecular weight excluding hydrogens is 340 g/mol. The van der Waals surface area contributed by atoms with Crippen LogP contribution >= 0.6 is 0 Å². The highest BCUT2D eigenvalue weighted by Gasteiger charge is 2.23. The number of nitrogens with one attached hydrogen (secondary N) is 1. The Balaban J connectivity index is 1.66. The van der Waals surface area contributed by atoms with Crippen molar-refractivity contribution in [3.8, 4) is 11.6 Å². The van der Waals surface area contributed by atoms with E-state index in [2.05, 4.69) is 22.1 Å². The smallest absolute Gasteiger partial charge is 0.221 e. The highest BCUT2D eigenvalue weighted by Crippen LogP contribution is 2.28. The molecule has 0 radical (unpaired) electrons. The van der Waals surface area contributed by atoms with Gasteiger partial charge in [0.25, 0.3) is 0 Å². The van der Waals surface area contributed by atoms with Gasteiger partial charge in [0.2, 0.25) is 5.91 Å². The van der Waals surface area contributed by atoms with Crippen molar-refractivity contribution in [2.75, 3.05) is 18.0 Å². The minimum atomic E-state index is 0.114. The van der Waals surface area contributed by atoms with Crippen LogP contribution in [-0.2, 0) is 4.79 Å². The Bertz CT molecular complexity index is 919. The third-order valence-corrected chi connectivity index (χ3v) is 4.67. The van der Waals surface area contributed by atoms with Gasteiger partial charge in [0, 0.05) is 30.9 Å².